The molecular weight excluding hydrogens is 280 g/mol. The monoisotopic (exact) mass is 312 g/mol. The molecule has 0 saturated carbocycles. The van der Waals surface area contributed by atoms with Gasteiger partial charge in [-0.25, -0.2) is 0 Å². The van der Waals surface area contributed by atoms with Gasteiger partial charge in [-0.15, -0.1) is 0 Å². The quantitative estimate of drug-likeness (QED) is 0.724. The summed E-state index contributed by atoms with van der Waals surface area (Å²) in [5.74, 6) is 0.653. The molecule has 5 heteroatoms. The average Bonchev–Trinajstić information content (AvgIpc) is 2.46. The number of rotatable bonds is 5. The SMILES string of the molecule is CCOC(=O)[C@@H](C)N1CCC(CN2C[C@@H](C)O[C@H](C)C2)CC1. The molecule has 0 aromatic heterocycles. The van der Waals surface area contributed by atoms with E-state index in [4.69, 9.17) is 9.47 Å². The molecule has 0 amide bonds. The standard InChI is InChI=1S/C17H32N2O3/c1-5-21-17(20)15(4)19-8-6-16(7-9-19)12-18-10-13(2)22-14(3)11-18/h13-16H,5-12H2,1-4H3/t13-,14-,15-/m1/s1. The van der Waals surface area contributed by atoms with Crippen LogP contribution in [0.3, 0.4) is 0 Å². The molecule has 2 fully saturated rings. The number of ether oxygens (including phenoxy) is 2. The molecule has 0 unspecified atom stereocenters. The summed E-state index contributed by atoms with van der Waals surface area (Å²) >= 11 is 0. The smallest absolute Gasteiger partial charge is 0.323 e. The predicted octanol–water partition coefficient (Wildman–Crippen LogP) is 1.76. The van der Waals surface area contributed by atoms with Crippen molar-refractivity contribution < 1.29 is 14.3 Å². The second-order valence-corrected chi connectivity index (χ2v) is 6.88. The van der Waals surface area contributed by atoms with Gasteiger partial charge in [-0.1, -0.05) is 0 Å². The van der Waals surface area contributed by atoms with Gasteiger partial charge in [-0.2, -0.15) is 0 Å². The lowest BCUT2D eigenvalue weighted by Crippen LogP contribution is -2.49. The molecule has 0 aliphatic carbocycles. The first kappa shape index (κ1) is 17.7. The average molecular weight is 312 g/mol. The Balaban J connectivity index is 1.74. The van der Waals surface area contributed by atoms with E-state index < -0.39 is 0 Å². The molecule has 0 aromatic rings. The first-order valence-corrected chi connectivity index (χ1v) is 8.78. The van der Waals surface area contributed by atoms with E-state index in [0.29, 0.717) is 18.8 Å². The fraction of sp³-hybridized carbons (Fsp3) is 0.941. The predicted molar refractivity (Wildman–Crippen MR) is 86.8 cm³/mol. The van der Waals surface area contributed by atoms with Gasteiger partial charge in [0.2, 0.25) is 0 Å². The molecule has 0 spiro atoms. The lowest BCUT2D eigenvalue weighted by atomic mass is 9.94. The van der Waals surface area contributed by atoms with Gasteiger partial charge in [0, 0.05) is 19.6 Å². The number of esters is 1. The van der Waals surface area contributed by atoms with Crippen molar-refractivity contribution in [3.8, 4) is 0 Å². The van der Waals surface area contributed by atoms with Crippen LogP contribution in [0, 0.1) is 5.92 Å². The van der Waals surface area contributed by atoms with Crippen molar-refractivity contribution in [3.05, 3.63) is 0 Å². The Bertz CT molecular complexity index is 346. The van der Waals surface area contributed by atoms with Crippen LogP contribution in [0.5, 0.6) is 0 Å². The Kier molecular flexibility index (Phi) is 6.66. The van der Waals surface area contributed by atoms with Gasteiger partial charge in [-0.05, 0) is 59.5 Å². The van der Waals surface area contributed by atoms with Crippen molar-refractivity contribution >= 4 is 5.97 Å². The molecule has 128 valence electrons. The zero-order chi connectivity index (χ0) is 16.1. The summed E-state index contributed by atoms with van der Waals surface area (Å²) in [6, 6.07) is -0.107. The number of morpholine rings is 1. The summed E-state index contributed by atoms with van der Waals surface area (Å²) in [5, 5.41) is 0. The Morgan fingerprint density at radius 2 is 1.82 bits per heavy atom. The first-order chi connectivity index (χ1) is 10.5. The molecule has 22 heavy (non-hydrogen) atoms. The number of hydrogen-bond donors (Lipinski definition) is 0. The fourth-order valence-electron chi connectivity index (χ4n) is 3.73. The van der Waals surface area contributed by atoms with E-state index in [2.05, 4.69) is 23.6 Å². The topological polar surface area (TPSA) is 42.0 Å². The van der Waals surface area contributed by atoms with Crippen LogP contribution in [-0.2, 0) is 14.3 Å². The molecule has 3 atom stereocenters. The molecule has 0 aromatic carbocycles. The Hall–Kier alpha value is -0.650. The number of piperidine rings is 1. The van der Waals surface area contributed by atoms with Gasteiger partial charge in [-0.3, -0.25) is 14.6 Å². The van der Waals surface area contributed by atoms with E-state index >= 15 is 0 Å². The van der Waals surface area contributed by atoms with Gasteiger partial charge >= 0.3 is 5.97 Å². The van der Waals surface area contributed by atoms with Gasteiger partial charge in [0.05, 0.1) is 18.8 Å². The van der Waals surface area contributed by atoms with Gasteiger partial charge in [0.25, 0.3) is 0 Å². The van der Waals surface area contributed by atoms with Crippen LogP contribution < -0.4 is 0 Å². The minimum atomic E-state index is -0.107. The number of carbonyl (C=O) groups is 1. The fourth-order valence-corrected chi connectivity index (χ4v) is 3.73. The van der Waals surface area contributed by atoms with Gasteiger partial charge in [0.1, 0.15) is 6.04 Å². The normalized spacial score (nSPS) is 30.2. The lowest BCUT2D eigenvalue weighted by Gasteiger charge is -2.40. The zero-order valence-corrected chi connectivity index (χ0v) is 14.6. The zero-order valence-electron chi connectivity index (χ0n) is 14.6. The summed E-state index contributed by atoms with van der Waals surface area (Å²) in [6.07, 6.45) is 3.02. The third-order valence-corrected chi connectivity index (χ3v) is 4.84. The van der Waals surface area contributed by atoms with Crippen LogP contribution in [0.1, 0.15) is 40.5 Å². The summed E-state index contributed by atoms with van der Waals surface area (Å²) < 4.78 is 10.9. The highest BCUT2D eigenvalue weighted by Gasteiger charge is 2.30. The van der Waals surface area contributed by atoms with Crippen molar-refractivity contribution in [1.29, 1.82) is 0 Å². The third-order valence-electron chi connectivity index (χ3n) is 4.84. The van der Waals surface area contributed by atoms with E-state index in [1.54, 1.807) is 0 Å². The number of hydrogen-bond acceptors (Lipinski definition) is 5. The molecule has 0 N–H and O–H groups in total. The lowest BCUT2D eigenvalue weighted by molar-refractivity contribution is -0.149. The summed E-state index contributed by atoms with van der Waals surface area (Å²) in [4.78, 5) is 16.6. The molecule has 0 radical (unpaired) electrons. The maximum absolute atomic E-state index is 11.8. The highest BCUT2D eigenvalue weighted by Crippen LogP contribution is 2.22. The molecule has 5 nitrogen and oxygen atoms in total. The molecular formula is C17H32N2O3. The highest BCUT2D eigenvalue weighted by molar-refractivity contribution is 5.75. The molecule has 2 saturated heterocycles. The maximum atomic E-state index is 11.8. The van der Waals surface area contributed by atoms with Gasteiger partial charge < -0.3 is 9.47 Å². The second-order valence-electron chi connectivity index (χ2n) is 6.88. The third kappa shape index (κ3) is 4.93. The van der Waals surface area contributed by atoms with E-state index in [0.717, 1.165) is 32.1 Å². The van der Waals surface area contributed by atoms with Crippen LogP contribution in [0.25, 0.3) is 0 Å². The summed E-state index contributed by atoms with van der Waals surface area (Å²) in [6.45, 7) is 13.9. The van der Waals surface area contributed by atoms with Crippen LogP contribution in [0.15, 0.2) is 0 Å². The van der Waals surface area contributed by atoms with E-state index in [9.17, 15) is 4.79 Å². The Morgan fingerprint density at radius 3 is 2.36 bits per heavy atom. The molecule has 0 bridgehead atoms. The highest BCUT2D eigenvalue weighted by atomic mass is 16.5. The number of likely N-dealkylation sites (tertiary alicyclic amines) is 1. The minimum absolute atomic E-state index is 0.0863. The van der Waals surface area contributed by atoms with Crippen LogP contribution >= 0.6 is 0 Å². The van der Waals surface area contributed by atoms with E-state index in [1.807, 2.05) is 13.8 Å². The summed E-state index contributed by atoms with van der Waals surface area (Å²) in [5.41, 5.74) is 0. The van der Waals surface area contributed by atoms with Crippen molar-refractivity contribution in [2.75, 3.05) is 39.3 Å². The van der Waals surface area contributed by atoms with Crippen LogP contribution in [0.4, 0.5) is 0 Å². The minimum Gasteiger partial charge on any atom is -0.465 e. The number of nitrogens with zero attached hydrogens (tertiary/aromatic N) is 2. The number of carbonyl (C=O) groups excluding carboxylic acids is 1. The second kappa shape index (κ2) is 8.27. The molecule has 2 aliphatic rings. The van der Waals surface area contributed by atoms with Crippen LogP contribution in [0.2, 0.25) is 0 Å². The Labute approximate surface area is 134 Å². The van der Waals surface area contributed by atoms with Crippen molar-refractivity contribution in [2.45, 2.75) is 58.8 Å². The molecule has 2 rings (SSSR count). The van der Waals surface area contributed by atoms with Crippen molar-refractivity contribution in [2.24, 2.45) is 5.92 Å². The first-order valence-electron chi connectivity index (χ1n) is 8.78. The van der Waals surface area contributed by atoms with Crippen LogP contribution in [-0.4, -0.2) is 73.3 Å². The van der Waals surface area contributed by atoms with E-state index in [-0.39, 0.29) is 12.0 Å². The summed E-state index contributed by atoms with van der Waals surface area (Å²) in [7, 11) is 0. The van der Waals surface area contributed by atoms with Crippen molar-refractivity contribution in [3.63, 3.8) is 0 Å². The Morgan fingerprint density at radius 1 is 1.23 bits per heavy atom. The van der Waals surface area contributed by atoms with E-state index in [1.165, 1.54) is 19.4 Å². The van der Waals surface area contributed by atoms with Gasteiger partial charge in [0.15, 0.2) is 0 Å². The van der Waals surface area contributed by atoms with Crippen molar-refractivity contribution in [1.82, 2.24) is 9.80 Å². The molecule has 2 heterocycles. The largest absolute Gasteiger partial charge is 0.465 e. The maximum Gasteiger partial charge on any atom is 0.323 e. The molecule has 2 aliphatic heterocycles.